The molecule has 1 fully saturated rings. The molecule has 1 aromatic rings. The number of carbonyl (C=O) groups excluding carboxylic acids is 1. The summed E-state index contributed by atoms with van der Waals surface area (Å²) < 4.78 is 36.9. The fourth-order valence-electron chi connectivity index (χ4n) is 3.27. The minimum absolute atomic E-state index is 0. The van der Waals surface area contributed by atoms with Gasteiger partial charge in [-0.15, -0.1) is 12.4 Å². The molecule has 1 saturated carbocycles. The van der Waals surface area contributed by atoms with E-state index < -0.39 is 27.2 Å². The van der Waals surface area contributed by atoms with Gasteiger partial charge in [0.1, 0.15) is 10.7 Å². The van der Waals surface area contributed by atoms with Crippen LogP contribution < -0.4 is 11.1 Å². The molecule has 1 aromatic carbocycles. The molecule has 3 N–H and O–H groups in total. The van der Waals surface area contributed by atoms with Crippen molar-refractivity contribution in [2.45, 2.75) is 56.0 Å². The van der Waals surface area contributed by atoms with Crippen LogP contribution >= 0.6 is 12.4 Å². The summed E-state index contributed by atoms with van der Waals surface area (Å²) in [7, 11) is -3.61. The van der Waals surface area contributed by atoms with Crippen LogP contribution in [0.25, 0.3) is 0 Å². The van der Waals surface area contributed by atoms with E-state index in [1.807, 2.05) is 6.92 Å². The highest BCUT2D eigenvalue weighted by molar-refractivity contribution is 7.90. The van der Waals surface area contributed by atoms with Crippen LogP contribution in [0.5, 0.6) is 0 Å². The summed E-state index contributed by atoms with van der Waals surface area (Å²) in [5.74, 6) is -1.22. The van der Waals surface area contributed by atoms with Crippen molar-refractivity contribution in [2.24, 2.45) is 11.7 Å². The lowest BCUT2D eigenvalue weighted by atomic mass is 9.74. The van der Waals surface area contributed by atoms with Crippen LogP contribution in [0.3, 0.4) is 0 Å². The van der Waals surface area contributed by atoms with E-state index in [9.17, 15) is 17.6 Å². The zero-order valence-corrected chi connectivity index (χ0v) is 16.3. The highest BCUT2D eigenvalue weighted by Crippen LogP contribution is 2.32. The van der Waals surface area contributed by atoms with Gasteiger partial charge in [0.25, 0.3) is 0 Å². The minimum Gasteiger partial charge on any atom is -0.349 e. The SMILES string of the molecule is CC(NC(=O)C1CCCCC1(C)N)c1ccc(S(C)(=O)=O)c(F)c1.Cl. The van der Waals surface area contributed by atoms with Crippen LogP contribution in [-0.2, 0) is 14.6 Å². The summed E-state index contributed by atoms with van der Waals surface area (Å²) in [6, 6.07) is 3.48. The number of benzene rings is 1. The maximum Gasteiger partial charge on any atom is 0.225 e. The molecular formula is C17H26ClFN2O3S. The van der Waals surface area contributed by atoms with Gasteiger partial charge in [-0.05, 0) is 44.4 Å². The summed E-state index contributed by atoms with van der Waals surface area (Å²) in [5, 5.41) is 2.87. The number of hydrogen-bond donors (Lipinski definition) is 2. The van der Waals surface area contributed by atoms with E-state index in [0.29, 0.717) is 5.56 Å². The molecule has 0 saturated heterocycles. The second-order valence-electron chi connectivity index (χ2n) is 7.00. The summed E-state index contributed by atoms with van der Waals surface area (Å²) in [4.78, 5) is 12.2. The van der Waals surface area contributed by atoms with Crippen molar-refractivity contribution in [1.82, 2.24) is 5.32 Å². The van der Waals surface area contributed by atoms with Crippen molar-refractivity contribution in [3.05, 3.63) is 29.6 Å². The molecular weight excluding hydrogens is 367 g/mol. The van der Waals surface area contributed by atoms with E-state index in [4.69, 9.17) is 5.73 Å². The maximum atomic E-state index is 14.0. The van der Waals surface area contributed by atoms with Gasteiger partial charge in [-0.3, -0.25) is 4.79 Å². The Bertz CT molecular complexity index is 737. The Labute approximate surface area is 154 Å². The van der Waals surface area contributed by atoms with Gasteiger partial charge in [0.2, 0.25) is 5.91 Å². The van der Waals surface area contributed by atoms with Crippen LogP contribution in [0.15, 0.2) is 23.1 Å². The highest BCUT2D eigenvalue weighted by Gasteiger charge is 2.38. The predicted molar refractivity (Wildman–Crippen MR) is 97.9 cm³/mol. The monoisotopic (exact) mass is 392 g/mol. The molecule has 0 radical (unpaired) electrons. The van der Waals surface area contributed by atoms with E-state index in [0.717, 1.165) is 38.0 Å². The Morgan fingerprint density at radius 3 is 2.56 bits per heavy atom. The third kappa shape index (κ3) is 5.15. The standard InChI is InChI=1S/C17H25FN2O3S.ClH/c1-11(12-7-8-15(14(18)10-12)24(3,22)23)20-16(21)13-6-4-5-9-17(13,2)19;/h7-8,10-11,13H,4-6,9,19H2,1-3H3,(H,20,21);1H. The molecule has 0 spiro atoms. The number of nitrogens with two attached hydrogens (primary N) is 1. The van der Waals surface area contributed by atoms with Crippen LogP contribution in [-0.4, -0.2) is 26.1 Å². The molecule has 1 amide bonds. The third-order valence-electron chi connectivity index (χ3n) is 4.78. The van der Waals surface area contributed by atoms with Gasteiger partial charge < -0.3 is 11.1 Å². The quantitative estimate of drug-likeness (QED) is 0.824. The molecule has 0 bridgehead atoms. The fraction of sp³-hybridized carbons (Fsp3) is 0.588. The number of carbonyl (C=O) groups is 1. The largest absolute Gasteiger partial charge is 0.349 e. The van der Waals surface area contributed by atoms with Crippen molar-refractivity contribution in [3.63, 3.8) is 0 Å². The molecule has 8 heteroatoms. The first kappa shape index (κ1) is 21.9. The normalized spacial score (nSPS) is 24.9. The lowest BCUT2D eigenvalue weighted by Crippen LogP contribution is -2.53. The highest BCUT2D eigenvalue weighted by atomic mass is 35.5. The molecule has 0 heterocycles. The van der Waals surface area contributed by atoms with Gasteiger partial charge in [-0.1, -0.05) is 18.9 Å². The number of hydrogen-bond acceptors (Lipinski definition) is 4. The van der Waals surface area contributed by atoms with Crippen LogP contribution in [0.1, 0.15) is 51.1 Å². The average Bonchev–Trinajstić information content (AvgIpc) is 2.44. The maximum absolute atomic E-state index is 14.0. The second-order valence-corrected chi connectivity index (χ2v) is 8.98. The first-order valence-electron chi connectivity index (χ1n) is 8.11. The molecule has 142 valence electrons. The van der Waals surface area contributed by atoms with Gasteiger partial charge in [-0.2, -0.15) is 0 Å². The number of halogens is 2. The van der Waals surface area contributed by atoms with Gasteiger partial charge in [0, 0.05) is 11.8 Å². The van der Waals surface area contributed by atoms with Crippen molar-refractivity contribution in [1.29, 1.82) is 0 Å². The summed E-state index contributed by atoms with van der Waals surface area (Å²) in [5.41, 5.74) is 6.22. The Morgan fingerprint density at radius 2 is 2.04 bits per heavy atom. The van der Waals surface area contributed by atoms with Crippen LogP contribution in [0.2, 0.25) is 0 Å². The Balaban J connectivity index is 0.00000312. The summed E-state index contributed by atoms with van der Waals surface area (Å²) >= 11 is 0. The number of rotatable bonds is 4. The molecule has 2 rings (SSSR count). The van der Waals surface area contributed by atoms with Crippen LogP contribution in [0.4, 0.5) is 4.39 Å². The van der Waals surface area contributed by atoms with E-state index in [2.05, 4.69) is 5.32 Å². The molecule has 25 heavy (non-hydrogen) atoms. The van der Waals surface area contributed by atoms with E-state index in [1.165, 1.54) is 12.1 Å². The first-order chi connectivity index (χ1) is 11.0. The Kier molecular flexibility index (Phi) is 7.01. The Morgan fingerprint density at radius 1 is 1.40 bits per heavy atom. The number of nitrogens with one attached hydrogen (secondary N) is 1. The van der Waals surface area contributed by atoms with E-state index >= 15 is 0 Å². The number of amides is 1. The predicted octanol–water partition coefficient (Wildman–Crippen LogP) is 2.74. The van der Waals surface area contributed by atoms with Crippen molar-refractivity contribution in [3.8, 4) is 0 Å². The molecule has 3 atom stereocenters. The summed E-state index contributed by atoms with van der Waals surface area (Å²) in [6.45, 7) is 3.63. The Hall–Kier alpha value is -1.18. The lowest BCUT2D eigenvalue weighted by Gasteiger charge is -2.37. The molecule has 0 aromatic heterocycles. The van der Waals surface area contributed by atoms with E-state index in [-0.39, 0.29) is 29.1 Å². The second kappa shape index (κ2) is 8.01. The molecule has 5 nitrogen and oxygen atoms in total. The smallest absolute Gasteiger partial charge is 0.225 e. The van der Waals surface area contributed by atoms with Gasteiger partial charge in [0.05, 0.1) is 12.0 Å². The van der Waals surface area contributed by atoms with Gasteiger partial charge in [0.15, 0.2) is 9.84 Å². The first-order valence-corrected chi connectivity index (χ1v) is 10.0. The average molecular weight is 393 g/mol. The number of sulfone groups is 1. The van der Waals surface area contributed by atoms with Crippen molar-refractivity contribution in [2.75, 3.05) is 6.26 Å². The zero-order chi connectivity index (χ0) is 18.1. The van der Waals surface area contributed by atoms with Gasteiger partial charge in [-0.25, -0.2) is 12.8 Å². The fourth-order valence-corrected chi connectivity index (χ4v) is 4.00. The molecule has 1 aliphatic carbocycles. The zero-order valence-electron chi connectivity index (χ0n) is 14.7. The lowest BCUT2D eigenvalue weighted by molar-refractivity contribution is -0.128. The minimum atomic E-state index is -3.61. The summed E-state index contributed by atoms with van der Waals surface area (Å²) in [6.07, 6.45) is 4.49. The molecule has 1 aliphatic rings. The van der Waals surface area contributed by atoms with E-state index in [1.54, 1.807) is 6.92 Å². The van der Waals surface area contributed by atoms with Crippen LogP contribution in [0, 0.1) is 11.7 Å². The van der Waals surface area contributed by atoms with Crippen molar-refractivity contribution < 1.29 is 17.6 Å². The molecule has 3 unspecified atom stereocenters. The third-order valence-corrected chi connectivity index (χ3v) is 5.91. The van der Waals surface area contributed by atoms with Gasteiger partial charge >= 0.3 is 0 Å². The molecule has 0 aliphatic heterocycles. The van der Waals surface area contributed by atoms with Crippen molar-refractivity contribution >= 4 is 28.2 Å². The topological polar surface area (TPSA) is 89.3 Å².